The Kier molecular flexibility index (Phi) is 4.75. The van der Waals surface area contributed by atoms with Gasteiger partial charge >= 0.3 is 0 Å². The van der Waals surface area contributed by atoms with E-state index >= 15 is 0 Å². The second kappa shape index (κ2) is 5.87. The highest BCUT2D eigenvalue weighted by atomic mass is 35.5. The van der Waals surface area contributed by atoms with Gasteiger partial charge in [0.05, 0.1) is 16.4 Å². The molecule has 0 spiro atoms. The molecule has 1 aromatic heterocycles. The fourth-order valence-corrected chi connectivity index (χ4v) is 1.83. The van der Waals surface area contributed by atoms with Gasteiger partial charge in [-0.3, -0.25) is 9.48 Å². The summed E-state index contributed by atoms with van der Waals surface area (Å²) < 4.78 is 1.69. The quantitative estimate of drug-likeness (QED) is 0.822. The first kappa shape index (κ1) is 13.8. The average molecular weight is 256 g/mol. The van der Waals surface area contributed by atoms with Crippen LogP contribution >= 0.6 is 11.6 Å². The Labute approximate surface area is 107 Å². The summed E-state index contributed by atoms with van der Waals surface area (Å²) in [5.74, 6) is -0.0605. The van der Waals surface area contributed by atoms with Crippen LogP contribution in [0.25, 0.3) is 0 Å². The lowest BCUT2D eigenvalue weighted by Gasteiger charge is -2.16. The third kappa shape index (κ3) is 2.88. The summed E-state index contributed by atoms with van der Waals surface area (Å²) in [5, 5.41) is 7.71. The Morgan fingerprint density at radius 2 is 2.29 bits per heavy atom. The summed E-state index contributed by atoms with van der Waals surface area (Å²) in [6.07, 6.45) is 2.32. The molecule has 94 valence electrons. The molecule has 0 bridgehead atoms. The van der Waals surface area contributed by atoms with Crippen molar-refractivity contribution >= 4 is 17.5 Å². The Bertz CT molecular complexity index is 426. The van der Waals surface area contributed by atoms with Gasteiger partial charge in [0.15, 0.2) is 0 Å². The Hall–Kier alpha value is -1.29. The molecule has 1 rings (SSSR count). The Morgan fingerprint density at radius 3 is 2.71 bits per heavy atom. The molecule has 1 aromatic rings. The van der Waals surface area contributed by atoms with Gasteiger partial charge in [-0.25, -0.2) is 0 Å². The molecule has 0 aliphatic carbocycles. The van der Waals surface area contributed by atoms with Crippen LogP contribution in [0.1, 0.15) is 30.8 Å². The molecule has 0 aliphatic rings. The number of rotatable bonds is 5. The number of hydrogen-bond donors (Lipinski definition) is 1. The van der Waals surface area contributed by atoms with Crippen molar-refractivity contribution in [3.63, 3.8) is 0 Å². The number of nitrogens with zero attached hydrogens (tertiary/aromatic N) is 2. The second-order valence-electron chi connectivity index (χ2n) is 3.89. The van der Waals surface area contributed by atoms with E-state index in [-0.39, 0.29) is 11.9 Å². The Balaban J connectivity index is 2.97. The molecule has 0 aromatic carbocycles. The monoisotopic (exact) mass is 255 g/mol. The van der Waals surface area contributed by atoms with E-state index in [2.05, 4.69) is 17.0 Å². The van der Waals surface area contributed by atoms with Crippen molar-refractivity contribution in [3.05, 3.63) is 29.1 Å². The minimum Gasteiger partial charge on any atom is -0.351 e. The number of carbonyl (C=O) groups is 1. The highest BCUT2D eigenvalue weighted by Gasteiger charge is 2.22. The van der Waals surface area contributed by atoms with E-state index in [0.29, 0.717) is 18.0 Å². The highest BCUT2D eigenvalue weighted by Crippen LogP contribution is 2.23. The van der Waals surface area contributed by atoms with E-state index in [1.807, 2.05) is 20.8 Å². The largest absolute Gasteiger partial charge is 0.351 e. The average Bonchev–Trinajstić information content (AvgIpc) is 2.56. The zero-order chi connectivity index (χ0) is 13.0. The zero-order valence-corrected chi connectivity index (χ0v) is 11.2. The molecular formula is C12H18ClN3O. The maximum Gasteiger partial charge on any atom is 0.245 e. The van der Waals surface area contributed by atoms with Crippen molar-refractivity contribution < 1.29 is 4.79 Å². The minimum absolute atomic E-state index is 0.0605. The molecule has 5 heteroatoms. The molecule has 1 unspecified atom stereocenters. The van der Waals surface area contributed by atoms with Crippen LogP contribution in [0.2, 0.25) is 5.02 Å². The van der Waals surface area contributed by atoms with Gasteiger partial charge in [-0.1, -0.05) is 24.6 Å². The Morgan fingerprint density at radius 1 is 1.65 bits per heavy atom. The fourth-order valence-electron chi connectivity index (χ4n) is 1.71. The van der Waals surface area contributed by atoms with Crippen LogP contribution in [0.3, 0.4) is 0 Å². The molecular weight excluding hydrogens is 238 g/mol. The predicted octanol–water partition coefficient (Wildman–Crippen LogP) is 2.41. The van der Waals surface area contributed by atoms with E-state index < -0.39 is 0 Å². The normalized spacial score (nSPS) is 12.2. The van der Waals surface area contributed by atoms with Crippen molar-refractivity contribution in [1.29, 1.82) is 0 Å². The molecule has 0 aliphatic heterocycles. The van der Waals surface area contributed by atoms with Gasteiger partial charge in [-0.2, -0.15) is 5.10 Å². The summed E-state index contributed by atoms with van der Waals surface area (Å²) in [4.78, 5) is 11.9. The molecule has 0 saturated heterocycles. The first-order valence-corrected chi connectivity index (χ1v) is 6.00. The van der Waals surface area contributed by atoms with Crippen molar-refractivity contribution in [3.8, 4) is 0 Å². The van der Waals surface area contributed by atoms with Gasteiger partial charge in [0.2, 0.25) is 5.91 Å². The number of hydrogen-bond acceptors (Lipinski definition) is 2. The van der Waals surface area contributed by atoms with E-state index in [4.69, 9.17) is 11.6 Å². The first-order chi connectivity index (χ1) is 8.02. The third-order valence-corrected chi connectivity index (χ3v) is 3.19. The molecule has 0 radical (unpaired) electrons. The third-order valence-electron chi connectivity index (χ3n) is 2.64. The molecule has 1 heterocycles. The highest BCUT2D eigenvalue weighted by molar-refractivity contribution is 6.31. The van der Waals surface area contributed by atoms with Crippen LogP contribution in [-0.4, -0.2) is 22.2 Å². The van der Waals surface area contributed by atoms with Crippen LogP contribution in [0.15, 0.2) is 12.7 Å². The number of carbonyl (C=O) groups excluding carboxylic acids is 1. The fraction of sp³-hybridized carbons (Fsp3) is 0.500. The second-order valence-corrected chi connectivity index (χ2v) is 4.27. The molecule has 17 heavy (non-hydrogen) atoms. The maximum atomic E-state index is 11.9. The smallest absolute Gasteiger partial charge is 0.245 e. The topological polar surface area (TPSA) is 46.9 Å². The zero-order valence-electron chi connectivity index (χ0n) is 10.5. The SMILES string of the molecule is C=CCNC(=O)C(CC)n1nc(C)c(Cl)c1C. The van der Waals surface area contributed by atoms with Gasteiger partial charge in [0.25, 0.3) is 0 Å². The van der Waals surface area contributed by atoms with E-state index in [9.17, 15) is 4.79 Å². The number of nitrogens with one attached hydrogen (secondary N) is 1. The number of aryl methyl sites for hydroxylation is 1. The standard InChI is InChI=1S/C12H18ClN3O/c1-5-7-14-12(17)10(6-2)16-9(4)11(13)8(3)15-16/h5,10H,1,6-7H2,2-4H3,(H,14,17). The summed E-state index contributed by atoms with van der Waals surface area (Å²) in [6.45, 7) is 9.68. The summed E-state index contributed by atoms with van der Waals surface area (Å²) >= 11 is 6.08. The molecule has 1 amide bonds. The van der Waals surface area contributed by atoms with E-state index in [1.54, 1.807) is 10.8 Å². The van der Waals surface area contributed by atoms with Gasteiger partial charge in [0, 0.05) is 6.54 Å². The molecule has 0 saturated carbocycles. The lowest BCUT2D eigenvalue weighted by atomic mass is 10.2. The number of aromatic nitrogens is 2. The van der Waals surface area contributed by atoms with Crippen molar-refractivity contribution in [2.45, 2.75) is 33.2 Å². The van der Waals surface area contributed by atoms with E-state index in [1.165, 1.54) is 0 Å². The number of amides is 1. The van der Waals surface area contributed by atoms with Crippen molar-refractivity contribution in [2.24, 2.45) is 0 Å². The van der Waals surface area contributed by atoms with E-state index in [0.717, 1.165) is 11.4 Å². The minimum atomic E-state index is -0.318. The predicted molar refractivity (Wildman–Crippen MR) is 69.2 cm³/mol. The van der Waals surface area contributed by atoms with Gasteiger partial charge in [-0.05, 0) is 20.3 Å². The van der Waals surface area contributed by atoms with Crippen LogP contribution < -0.4 is 5.32 Å². The lowest BCUT2D eigenvalue weighted by molar-refractivity contribution is -0.124. The lowest BCUT2D eigenvalue weighted by Crippen LogP contribution is -2.33. The molecule has 4 nitrogen and oxygen atoms in total. The number of halogens is 1. The summed E-state index contributed by atoms with van der Waals surface area (Å²) in [6, 6.07) is -0.318. The molecule has 1 N–H and O–H groups in total. The van der Waals surface area contributed by atoms with Crippen molar-refractivity contribution in [1.82, 2.24) is 15.1 Å². The van der Waals surface area contributed by atoms with Crippen molar-refractivity contribution in [2.75, 3.05) is 6.54 Å². The van der Waals surface area contributed by atoms with Crippen LogP contribution in [0, 0.1) is 13.8 Å². The first-order valence-electron chi connectivity index (χ1n) is 5.62. The van der Waals surface area contributed by atoms with Gasteiger partial charge in [-0.15, -0.1) is 6.58 Å². The van der Waals surface area contributed by atoms with Gasteiger partial charge < -0.3 is 5.32 Å². The van der Waals surface area contributed by atoms with Crippen LogP contribution in [0.5, 0.6) is 0 Å². The van der Waals surface area contributed by atoms with Gasteiger partial charge in [0.1, 0.15) is 6.04 Å². The van der Waals surface area contributed by atoms with Crippen LogP contribution in [-0.2, 0) is 4.79 Å². The molecule has 0 fully saturated rings. The summed E-state index contributed by atoms with van der Waals surface area (Å²) in [5.41, 5.74) is 1.57. The molecule has 1 atom stereocenters. The summed E-state index contributed by atoms with van der Waals surface area (Å²) in [7, 11) is 0. The maximum absolute atomic E-state index is 11.9. The van der Waals surface area contributed by atoms with Crippen LogP contribution in [0.4, 0.5) is 0 Å².